The van der Waals surface area contributed by atoms with Crippen LogP contribution < -0.4 is 9.47 Å². The topological polar surface area (TPSA) is 78.1 Å². The summed E-state index contributed by atoms with van der Waals surface area (Å²) in [6.45, 7) is 10.5. The molecule has 6 heteroatoms. The average Bonchev–Trinajstić information content (AvgIpc) is 3.27. The van der Waals surface area contributed by atoms with Crippen LogP contribution in [0.2, 0.25) is 0 Å². The van der Waals surface area contributed by atoms with E-state index in [9.17, 15) is 4.79 Å². The molecule has 0 radical (unpaired) electrons. The fraction of sp³-hybridized carbons (Fsp3) is 0.348. The molecule has 0 atom stereocenters. The number of hydrogen-bond donors (Lipinski definition) is 1. The van der Waals surface area contributed by atoms with E-state index >= 15 is 0 Å². The molecule has 0 amide bonds. The maximum atomic E-state index is 13.3. The highest BCUT2D eigenvalue weighted by molar-refractivity contribution is 6.12. The first-order chi connectivity index (χ1) is 14.2. The summed E-state index contributed by atoms with van der Waals surface area (Å²) in [6, 6.07) is 3.37. The van der Waals surface area contributed by atoms with Gasteiger partial charge >= 0.3 is 0 Å². The summed E-state index contributed by atoms with van der Waals surface area (Å²) in [5, 5.41) is 8.97. The number of rotatable bonds is 14. The Hall–Kier alpha value is -2.83. The standard InChI is InChI=1S/C23H28O6/c1-4-10-28-20-15-21(29-11-5-2)22(23(25)17-7-12-27-16-17)19(18(20)6-3)8-13-26-14-9-24/h4-5,7,12,15-16,24H,1-2,6,8-11,13-14H2,3H3. The molecule has 0 saturated carbocycles. The highest BCUT2D eigenvalue weighted by atomic mass is 16.5. The smallest absolute Gasteiger partial charge is 0.200 e. The number of hydrogen-bond acceptors (Lipinski definition) is 6. The normalized spacial score (nSPS) is 10.6. The molecule has 2 aromatic rings. The summed E-state index contributed by atoms with van der Waals surface area (Å²) in [4.78, 5) is 13.3. The SMILES string of the molecule is C=CCOc1cc(OCC=C)c(C(=O)c2ccoc2)c(CCOCCO)c1CC. The van der Waals surface area contributed by atoms with Gasteiger partial charge in [-0.25, -0.2) is 0 Å². The van der Waals surface area contributed by atoms with Crippen molar-refractivity contribution in [1.82, 2.24) is 0 Å². The summed E-state index contributed by atoms with van der Waals surface area (Å²) in [5.74, 6) is 0.872. The van der Waals surface area contributed by atoms with Gasteiger partial charge < -0.3 is 23.7 Å². The van der Waals surface area contributed by atoms with E-state index in [1.165, 1.54) is 12.5 Å². The predicted molar refractivity (Wildman–Crippen MR) is 111 cm³/mol. The summed E-state index contributed by atoms with van der Waals surface area (Å²) in [6.07, 6.45) is 7.29. The van der Waals surface area contributed by atoms with Gasteiger partial charge in [-0.15, -0.1) is 0 Å². The molecule has 6 nitrogen and oxygen atoms in total. The molecule has 156 valence electrons. The molecule has 29 heavy (non-hydrogen) atoms. The van der Waals surface area contributed by atoms with Gasteiger partial charge in [-0.2, -0.15) is 0 Å². The zero-order valence-electron chi connectivity index (χ0n) is 16.8. The summed E-state index contributed by atoms with van der Waals surface area (Å²) in [5.41, 5.74) is 2.62. The minimum atomic E-state index is -0.194. The molecule has 2 rings (SSSR count). The lowest BCUT2D eigenvalue weighted by Crippen LogP contribution is -2.15. The minimum absolute atomic E-state index is 0.0579. The number of aliphatic hydroxyl groups excluding tert-OH is 1. The zero-order chi connectivity index (χ0) is 21.1. The molecule has 0 bridgehead atoms. The molecule has 1 aromatic carbocycles. The average molecular weight is 400 g/mol. The predicted octanol–water partition coefficient (Wildman–Crippen LogP) is 3.75. The quantitative estimate of drug-likeness (QED) is 0.296. The number of ether oxygens (including phenoxy) is 3. The third kappa shape index (κ3) is 5.82. The molecule has 0 aliphatic heterocycles. The largest absolute Gasteiger partial charge is 0.489 e. The van der Waals surface area contributed by atoms with E-state index in [0.29, 0.717) is 48.7 Å². The van der Waals surface area contributed by atoms with Crippen molar-refractivity contribution >= 4 is 5.78 Å². The molecule has 0 aliphatic carbocycles. The molecule has 0 aliphatic rings. The van der Waals surface area contributed by atoms with Crippen LogP contribution in [0.3, 0.4) is 0 Å². The van der Waals surface area contributed by atoms with Crippen molar-refractivity contribution < 1.29 is 28.5 Å². The highest BCUT2D eigenvalue weighted by Gasteiger charge is 2.25. The molecule has 1 aromatic heterocycles. The second-order valence-corrected chi connectivity index (χ2v) is 6.18. The Morgan fingerprint density at radius 3 is 2.45 bits per heavy atom. The summed E-state index contributed by atoms with van der Waals surface area (Å²) in [7, 11) is 0. The lowest BCUT2D eigenvalue weighted by molar-refractivity contribution is 0.0937. The van der Waals surface area contributed by atoms with Crippen LogP contribution >= 0.6 is 0 Å². The maximum Gasteiger partial charge on any atom is 0.200 e. The molecule has 0 unspecified atom stereocenters. The Balaban J connectivity index is 2.60. The molecule has 0 spiro atoms. The van der Waals surface area contributed by atoms with Gasteiger partial charge in [-0.05, 0) is 30.0 Å². The Bertz CT molecular complexity index is 807. The van der Waals surface area contributed by atoms with Gasteiger partial charge in [0.1, 0.15) is 31.0 Å². The van der Waals surface area contributed by atoms with Crippen LogP contribution in [0, 0.1) is 0 Å². The van der Waals surface area contributed by atoms with Crippen LogP contribution in [0.5, 0.6) is 11.5 Å². The van der Waals surface area contributed by atoms with Crippen LogP contribution in [-0.2, 0) is 17.6 Å². The monoisotopic (exact) mass is 400 g/mol. The van der Waals surface area contributed by atoms with Crippen LogP contribution in [0.25, 0.3) is 0 Å². The number of carbonyl (C=O) groups excluding carboxylic acids is 1. The Kier molecular flexibility index (Phi) is 9.21. The van der Waals surface area contributed by atoms with E-state index in [-0.39, 0.29) is 25.6 Å². The number of furan rings is 1. The van der Waals surface area contributed by atoms with Crippen LogP contribution in [0.1, 0.15) is 34.0 Å². The van der Waals surface area contributed by atoms with Crippen molar-refractivity contribution in [3.63, 3.8) is 0 Å². The van der Waals surface area contributed by atoms with E-state index in [0.717, 1.165) is 11.1 Å². The lowest BCUT2D eigenvalue weighted by Gasteiger charge is -2.21. The van der Waals surface area contributed by atoms with Crippen molar-refractivity contribution in [2.75, 3.05) is 33.0 Å². The van der Waals surface area contributed by atoms with Crippen LogP contribution in [0.15, 0.2) is 54.4 Å². The van der Waals surface area contributed by atoms with Crippen molar-refractivity contribution in [3.8, 4) is 11.5 Å². The van der Waals surface area contributed by atoms with Crippen LogP contribution in [0.4, 0.5) is 0 Å². The fourth-order valence-corrected chi connectivity index (χ4v) is 3.06. The third-order valence-electron chi connectivity index (χ3n) is 4.28. The summed E-state index contributed by atoms with van der Waals surface area (Å²) < 4.78 is 22.3. The number of ketones is 1. The molecular formula is C23H28O6. The van der Waals surface area contributed by atoms with Crippen molar-refractivity contribution in [3.05, 3.63) is 72.2 Å². The van der Waals surface area contributed by atoms with E-state index in [1.807, 2.05) is 6.92 Å². The zero-order valence-corrected chi connectivity index (χ0v) is 16.8. The first-order valence-electron chi connectivity index (χ1n) is 9.59. The molecule has 1 N–H and O–H groups in total. The van der Waals surface area contributed by atoms with E-state index in [2.05, 4.69) is 13.2 Å². The Morgan fingerprint density at radius 2 is 1.86 bits per heavy atom. The van der Waals surface area contributed by atoms with Gasteiger partial charge in [-0.1, -0.05) is 32.2 Å². The first kappa shape index (κ1) is 22.5. The second-order valence-electron chi connectivity index (χ2n) is 6.18. The summed E-state index contributed by atoms with van der Waals surface area (Å²) >= 11 is 0. The minimum Gasteiger partial charge on any atom is -0.489 e. The van der Waals surface area contributed by atoms with E-state index in [4.69, 9.17) is 23.7 Å². The van der Waals surface area contributed by atoms with E-state index < -0.39 is 0 Å². The third-order valence-corrected chi connectivity index (χ3v) is 4.28. The number of carbonyl (C=O) groups is 1. The molecule has 1 heterocycles. The molecule has 0 fully saturated rings. The van der Waals surface area contributed by atoms with Gasteiger partial charge in [-0.3, -0.25) is 4.79 Å². The molecular weight excluding hydrogens is 372 g/mol. The van der Waals surface area contributed by atoms with Gasteiger partial charge in [0.2, 0.25) is 0 Å². The lowest BCUT2D eigenvalue weighted by atomic mass is 9.90. The fourth-order valence-electron chi connectivity index (χ4n) is 3.06. The Labute approximate surface area is 171 Å². The van der Waals surface area contributed by atoms with Crippen molar-refractivity contribution in [1.29, 1.82) is 0 Å². The van der Waals surface area contributed by atoms with Gasteiger partial charge in [0.25, 0.3) is 0 Å². The van der Waals surface area contributed by atoms with Gasteiger partial charge in [0, 0.05) is 6.07 Å². The van der Waals surface area contributed by atoms with E-state index in [1.54, 1.807) is 24.3 Å². The highest BCUT2D eigenvalue weighted by Crippen LogP contribution is 2.36. The second kappa shape index (κ2) is 11.9. The maximum absolute atomic E-state index is 13.3. The van der Waals surface area contributed by atoms with Crippen molar-refractivity contribution in [2.24, 2.45) is 0 Å². The first-order valence-corrected chi connectivity index (χ1v) is 9.59. The van der Waals surface area contributed by atoms with Crippen LogP contribution in [-0.4, -0.2) is 43.9 Å². The molecule has 0 saturated heterocycles. The number of benzene rings is 1. The Morgan fingerprint density at radius 1 is 1.14 bits per heavy atom. The number of aliphatic hydroxyl groups is 1. The van der Waals surface area contributed by atoms with Crippen molar-refractivity contribution in [2.45, 2.75) is 19.8 Å². The van der Waals surface area contributed by atoms with Gasteiger partial charge in [0.05, 0.1) is 37.2 Å². The van der Waals surface area contributed by atoms with Gasteiger partial charge in [0.15, 0.2) is 5.78 Å².